The molecule has 6 heteroatoms. The fourth-order valence-corrected chi connectivity index (χ4v) is 3.68. The van der Waals surface area contributed by atoms with Gasteiger partial charge in [-0.2, -0.15) is 11.8 Å². The molecule has 5 nitrogen and oxygen atoms in total. The van der Waals surface area contributed by atoms with Gasteiger partial charge in [0.05, 0.1) is 12.7 Å². The van der Waals surface area contributed by atoms with Crippen molar-refractivity contribution in [3.05, 3.63) is 29.8 Å². The van der Waals surface area contributed by atoms with E-state index in [2.05, 4.69) is 16.3 Å². The highest BCUT2D eigenvalue weighted by molar-refractivity contribution is 7.99. The Morgan fingerprint density at radius 3 is 2.76 bits per heavy atom. The zero-order valence-corrected chi connectivity index (χ0v) is 16.3. The molecule has 142 valence electrons. The second-order valence-corrected chi connectivity index (χ2v) is 7.81. The number of β-amino-alcohol motifs (C(OH)–C–C–N with tert-alkyl or cyclic N) is 1. The Balaban J connectivity index is 1.71. The summed E-state index contributed by atoms with van der Waals surface area (Å²) in [4.78, 5) is 2.31. The molecule has 2 rings (SSSR count). The zero-order valence-electron chi connectivity index (χ0n) is 15.4. The van der Waals surface area contributed by atoms with Crippen molar-refractivity contribution in [3.63, 3.8) is 0 Å². The Labute approximate surface area is 156 Å². The van der Waals surface area contributed by atoms with Gasteiger partial charge >= 0.3 is 0 Å². The fourth-order valence-electron chi connectivity index (χ4n) is 2.70. The first-order valence-corrected chi connectivity index (χ1v) is 10.3. The highest BCUT2D eigenvalue weighted by Crippen LogP contribution is 2.18. The number of nitrogens with zero attached hydrogens (tertiary/aromatic N) is 1. The third-order valence-corrected chi connectivity index (χ3v) is 4.96. The van der Waals surface area contributed by atoms with Crippen molar-refractivity contribution in [2.75, 3.05) is 50.9 Å². The molecule has 1 aromatic rings. The van der Waals surface area contributed by atoms with E-state index >= 15 is 0 Å². The zero-order chi connectivity index (χ0) is 17.9. The van der Waals surface area contributed by atoms with E-state index in [-0.39, 0.29) is 6.10 Å². The molecule has 0 unspecified atom stereocenters. The standard InChI is InChI=1S/C19H32N2O3S/c1-16(2)23-10-7-20-13-17-5-3-4-6-19(17)24-15-18(22)14-21-8-11-25-12-9-21/h3-6,16,18,20,22H,7-15H2,1-2H3/t18-/m0/s1. The quantitative estimate of drug-likeness (QED) is 0.583. The number of nitrogens with one attached hydrogen (secondary N) is 1. The highest BCUT2D eigenvalue weighted by atomic mass is 32.2. The van der Waals surface area contributed by atoms with Crippen molar-refractivity contribution < 1.29 is 14.6 Å². The number of thioether (sulfide) groups is 1. The second kappa shape index (κ2) is 11.8. The molecule has 0 bridgehead atoms. The van der Waals surface area contributed by atoms with Gasteiger partial charge in [0, 0.05) is 49.8 Å². The Bertz CT molecular complexity index is 481. The SMILES string of the molecule is CC(C)OCCNCc1ccccc1OC[C@@H](O)CN1CCSCC1. The van der Waals surface area contributed by atoms with Crippen molar-refractivity contribution in [3.8, 4) is 5.75 Å². The van der Waals surface area contributed by atoms with Crippen LogP contribution in [0.5, 0.6) is 5.75 Å². The smallest absolute Gasteiger partial charge is 0.123 e. The van der Waals surface area contributed by atoms with E-state index in [4.69, 9.17) is 9.47 Å². The summed E-state index contributed by atoms with van der Waals surface area (Å²) >= 11 is 1.98. The van der Waals surface area contributed by atoms with Crippen LogP contribution in [0.1, 0.15) is 19.4 Å². The summed E-state index contributed by atoms with van der Waals surface area (Å²) < 4.78 is 11.4. The summed E-state index contributed by atoms with van der Waals surface area (Å²) in [6, 6.07) is 8.00. The predicted octanol–water partition coefficient (Wildman–Crippen LogP) is 1.99. The van der Waals surface area contributed by atoms with Crippen LogP contribution in [-0.2, 0) is 11.3 Å². The molecule has 2 N–H and O–H groups in total. The Kier molecular flexibility index (Phi) is 9.65. The molecule has 1 aliphatic rings. The van der Waals surface area contributed by atoms with Gasteiger partial charge in [-0.1, -0.05) is 18.2 Å². The van der Waals surface area contributed by atoms with Crippen LogP contribution in [0.2, 0.25) is 0 Å². The highest BCUT2D eigenvalue weighted by Gasteiger charge is 2.15. The number of para-hydroxylation sites is 1. The maximum atomic E-state index is 10.2. The minimum absolute atomic E-state index is 0.261. The summed E-state index contributed by atoms with van der Waals surface area (Å²) in [5.41, 5.74) is 1.11. The molecule has 1 aromatic carbocycles. The lowest BCUT2D eigenvalue weighted by Crippen LogP contribution is -2.40. The second-order valence-electron chi connectivity index (χ2n) is 6.58. The molecular weight excluding hydrogens is 336 g/mol. The maximum Gasteiger partial charge on any atom is 0.123 e. The van der Waals surface area contributed by atoms with Gasteiger partial charge < -0.3 is 19.9 Å². The van der Waals surface area contributed by atoms with Gasteiger partial charge in [-0.3, -0.25) is 4.90 Å². The van der Waals surface area contributed by atoms with Crippen LogP contribution in [0.3, 0.4) is 0 Å². The van der Waals surface area contributed by atoms with Crippen LogP contribution >= 0.6 is 11.8 Å². The van der Waals surface area contributed by atoms with Gasteiger partial charge in [0.1, 0.15) is 18.5 Å². The molecule has 1 heterocycles. The van der Waals surface area contributed by atoms with Crippen LogP contribution in [-0.4, -0.2) is 73.1 Å². The monoisotopic (exact) mass is 368 g/mol. The molecule has 0 amide bonds. The summed E-state index contributed by atoms with van der Waals surface area (Å²) in [6.07, 6.45) is -0.194. The molecule has 1 aliphatic heterocycles. The van der Waals surface area contributed by atoms with E-state index in [1.807, 2.05) is 43.8 Å². The Morgan fingerprint density at radius 2 is 2.00 bits per heavy atom. The van der Waals surface area contributed by atoms with Crippen LogP contribution in [0.4, 0.5) is 0 Å². The lowest BCUT2D eigenvalue weighted by atomic mass is 10.2. The number of rotatable bonds is 11. The largest absolute Gasteiger partial charge is 0.491 e. The van der Waals surface area contributed by atoms with Gasteiger partial charge in [0.25, 0.3) is 0 Å². The van der Waals surface area contributed by atoms with Crippen LogP contribution < -0.4 is 10.1 Å². The minimum Gasteiger partial charge on any atom is -0.491 e. The fraction of sp³-hybridized carbons (Fsp3) is 0.684. The third-order valence-electron chi connectivity index (χ3n) is 4.02. The number of hydrogen-bond donors (Lipinski definition) is 2. The van der Waals surface area contributed by atoms with Gasteiger partial charge in [-0.05, 0) is 19.9 Å². The van der Waals surface area contributed by atoms with Crippen molar-refractivity contribution in [1.29, 1.82) is 0 Å². The van der Waals surface area contributed by atoms with Crippen LogP contribution in [0.15, 0.2) is 24.3 Å². The Morgan fingerprint density at radius 1 is 1.24 bits per heavy atom. The van der Waals surface area contributed by atoms with Crippen molar-refractivity contribution in [1.82, 2.24) is 10.2 Å². The molecule has 1 fully saturated rings. The Hall–Kier alpha value is -0.790. The van der Waals surface area contributed by atoms with Crippen LogP contribution in [0.25, 0.3) is 0 Å². The first-order valence-electron chi connectivity index (χ1n) is 9.16. The molecule has 0 aromatic heterocycles. The molecule has 0 radical (unpaired) electrons. The average molecular weight is 369 g/mol. The average Bonchev–Trinajstić information content (AvgIpc) is 2.61. The van der Waals surface area contributed by atoms with Crippen molar-refractivity contribution in [2.45, 2.75) is 32.6 Å². The number of aliphatic hydroxyl groups excluding tert-OH is 1. The van der Waals surface area contributed by atoms with E-state index < -0.39 is 6.10 Å². The van der Waals surface area contributed by atoms with E-state index in [0.717, 1.165) is 49.0 Å². The third kappa shape index (κ3) is 8.42. The normalized spacial score (nSPS) is 17.0. The van der Waals surface area contributed by atoms with Crippen LogP contribution in [0, 0.1) is 0 Å². The molecule has 0 aliphatic carbocycles. The first-order chi connectivity index (χ1) is 12.1. The van der Waals surface area contributed by atoms with E-state index in [1.165, 1.54) is 0 Å². The number of ether oxygens (including phenoxy) is 2. The van der Waals surface area contributed by atoms with E-state index in [0.29, 0.717) is 19.8 Å². The molecular formula is C19H32N2O3S. The molecule has 0 saturated carbocycles. The van der Waals surface area contributed by atoms with Crippen molar-refractivity contribution >= 4 is 11.8 Å². The van der Waals surface area contributed by atoms with E-state index in [9.17, 15) is 5.11 Å². The molecule has 1 saturated heterocycles. The lowest BCUT2D eigenvalue weighted by molar-refractivity contribution is 0.0710. The lowest BCUT2D eigenvalue weighted by Gasteiger charge is -2.28. The van der Waals surface area contributed by atoms with Gasteiger partial charge in [0.2, 0.25) is 0 Å². The summed E-state index contributed by atoms with van der Waals surface area (Å²) in [7, 11) is 0. The number of aliphatic hydroxyl groups is 1. The predicted molar refractivity (Wildman–Crippen MR) is 105 cm³/mol. The van der Waals surface area contributed by atoms with Gasteiger partial charge in [0.15, 0.2) is 0 Å². The first kappa shape index (κ1) is 20.5. The topological polar surface area (TPSA) is 54.0 Å². The van der Waals surface area contributed by atoms with E-state index in [1.54, 1.807) is 0 Å². The van der Waals surface area contributed by atoms with Gasteiger partial charge in [-0.15, -0.1) is 0 Å². The number of hydrogen-bond acceptors (Lipinski definition) is 6. The molecule has 1 atom stereocenters. The summed E-state index contributed by atoms with van der Waals surface area (Å²) in [5, 5.41) is 13.6. The summed E-state index contributed by atoms with van der Waals surface area (Å²) in [5.74, 6) is 3.15. The molecule has 25 heavy (non-hydrogen) atoms. The summed E-state index contributed by atoms with van der Waals surface area (Å²) in [6.45, 7) is 9.45. The number of benzene rings is 1. The maximum absolute atomic E-state index is 10.2. The van der Waals surface area contributed by atoms with Gasteiger partial charge in [-0.25, -0.2) is 0 Å². The van der Waals surface area contributed by atoms with Crippen molar-refractivity contribution in [2.24, 2.45) is 0 Å². The molecule has 0 spiro atoms. The minimum atomic E-state index is -0.455.